The predicted octanol–water partition coefficient (Wildman–Crippen LogP) is 8.32. The minimum atomic E-state index is 0.602. The third-order valence-electron chi connectivity index (χ3n) is 7.41. The molecule has 2 aliphatic rings. The van der Waals surface area contributed by atoms with Crippen LogP contribution in [0.3, 0.4) is 0 Å². The molecule has 0 aromatic heterocycles. The first-order chi connectivity index (χ1) is 11.7. The summed E-state index contributed by atoms with van der Waals surface area (Å²) < 4.78 is 0. The van der Waals surface area contributed by atoms with E-state index < -0.39 is 0 Å². The third-order valence-corrected chi connectivity index (χ3v) is 7.41. The summed E-state index contributed by atoms with van der Waals surface area (Å²) in [5.74, 6) is 3.09. The van der Waals surface area contributed by atoms with E-state index in [9.17, 15) is 0 Å². The highest BCUT2D eigenvalue weighted by molar-refractivity contribution is 4.87. The molecule has 2 unspecified atom stereocenters. The van der Waals surface area contributed by atoms with Gasteiger partial charge in [0.1, 0.15) is 0 Å². The summed E-state index contributed by atoms with van der Waals surface area (Å²) in [5.41, 5.74) is 0.602. The van der Waals surface area contributed by atoms with Gasteiger partial charge < -0.3 is 0 Å². The number of hydrogen-bond acceptors (Lipinski definition) is 0. The Morgan fingerprint density at radius 2 is 1.62 bits per heavy atom. The molecule has 0 N–H and O–H groups in total. The Morgan fingerprint density at radius 1 is 0.958 bits per heavy atom. The van der Waals surface area contributed by atoms with E-state index in [4.69, 9.17) is 0 Å². The zero-order valence-corrected chi connectivity index (χ0v) is 17.0. The van der Waals surface area contributed by atoms with Gasteiger partial charge in [-0.1, -0.05) is 90.7 Å². The largest absolute Gasteiger partial charge is 0.0888 e. The number of rotatable bonds is 11. The molecule has 0 aromatic rings. The second-order valence-electron chi connectivity index (χ2n) is 9.32. The third kappa shape index (κ3) is 6.57. The first kappa shape index (κ1) is 20.1. The van der Waals surface area contributed by atoms with Gasteiger partial charge in [-0.3, -0.25) is 0 Å². The monoisotopic (exact) mass is 332 g/mol. The van der Waals surface area contributed by atoms with Crippen molar-refractivity contribution in [2.24, 2.45) is 23.2 Å². The van der Waals surface area contributed by atoms with Gasteiger partial charge in [0.25, 0.3) is 0 Å². The lowest BCUT2D eigenvalue weighted by Gasteiger charge is -2.36. The topological polar surface area (TPSA) is 0 Å². The van der Waals surface area contributed by atoms with E-state index in [1.165, 1.54) is 96.3 Å². The van der Waals surface area contributed by atoms with Gasteiger partial charge in [0.15, 0.2) is 0 Å². The fourth-order valence-corrected chi connectivity index (χ4v) is 5.44. The highest BCUT2D eigenvalue weighted by atomic mass is 14.4. The zero-order chi connectivity index (χ0) is 17.3. The van der Waals surface area contributed by atoms with Gasteiger partial charge in [0.2, 0.25) is 0 Å². The smallest absolute Gasteiger partial charge is 0.0326 e. The van der Waals surface area contributed by atoms with E-state index >= 15 is 0 Å². The highest BCUT2D eigenvalue weighted by Gasteiger charge is 2.32. The van der Waals surface area contributed by atoms with Gasteiger partial charge >= 0.3 is 0 Å². The first-order valence-corrected chi connectivity index (χ1v) is 11.3. The predicted molar refractivity (Wildman–Crippen MR) is 108 cm³/mol. The summed E-state index contributed by atoms with van der Waals surface area (Å²) >= 11 is 0. The number of hydrogen-bond donors (Lipinski definition) is 0. The van der Waals surface area contributed by atoms with E-state index in [0.29, 0.717) is 5.41 Å². The Labute approximate surface area is 152 Å². The standard InChI is InChI=1S/C24H44/c1-4-6-7-8-17-23(22-15-11-12-16-22)20-24(3,5-2)19-18-21-13-9-10-14-21/h6-7,21-23H,4-5,8-20H2,1-3H3/b7-6+. The van der Waals surface area contributed by atoms with Crippen LogP contribution < -0.4 is 0 Å². The van der Waals surface area contributed by atoms with Crippen molar-refractivity contribution in [1.82, 2.24) is 0 Å². The maximum absolute atomic E-state index is 2.62. The summed E-state index contributed by atoms with van der Waals surface area (Å²) in [4.78, 5) is 0. The maximum Gasteiger partial charge on any atom is -0.0326 e. The highest BCUT2D eigenvalue weighted by Crippen LogP contribution is 2.44. The molecule has 0 aromatic carbocycles. The second-order valence-corrected chi connectivity index (χ2v) is 9.32. The molecule has 0 heteroatoms. The molecule has 2 fully saturated rings. The molecule has 0 nitrogen and oxygen atoms in total. The molecule has 2 rings (SSSR count). The summed E-state index contributed by atoms with van der Waals surface area (Å²) in [6.07, 6.45) is 26.7. The van der Waals surface area contributed by atoms with E-state index in [2.05, 4.69) is 32.9 Å². The van der Waals surface area contributed by atoms with Gasteiger partial charge in [-0.05, 0) is 61.7 Å². The second kappa shape index (κ2) is 10.7. The van der Waals surface area contributed by atoms with Gasteiger partial charge in [-0.25, -0.2) is 0 Å². The van der Waals surface area contributed by atoms with Gasteiger partial charge in [0.05, 0.1) is 0 Å². The van der Waals surface area contributed by atoms with Crippen LogP contribution in [0.15, 0.2) is 12.2 Å². The fourth-order valence-electron chi connectivity index (χ4n) is 5.44. The van der Waals surface area contributed by atoms with Crippen molar-refractivity contribution >= 4 is 0 Å². The maximum atomic E-state index is 2.62. The lowest BCUT2D eigenvalue weighted by atomic mass is 9.69. The van der Waals surface area contributed by atoms with Crippen molar-refractivity contribution in [3.05, 3.63) is 12.2 Å². The Kier molecular flexibility index (Phi) is 8.92. The summed E-state index contributed by atoms with van der Waals surface area (Å²) in [6, 6.07) is 0. The Balaban J connectivity index is 1.88. The molecule has 2 aliphatic carbocycles. The lowest BCUT2D eigenvalue weighted by molar-refractivity contribution is 0.154. The molecule has 0 spiro atoms. The van der Waals surface area contributed by atoms with E-state index in [0.717, 1.165) is 17.8 Å². The fraction of sp³-hybridized carbons (Fsp3) is 0.917. The van der Waals surface area contributed by atoms with Crippen molar-refractivity contribution in [2.45, 2.75) is 117 Å². The molecule has 0 aliphatic heterocycles. The van der Waals surface area contributed by atoms with Crippen molar-refractivity contribution < 1.29 is 0 Å². The van der Waals surface area contributed by atoms with Crippen molar-refractivity contribution in [3.63, 3.8) is 0 Å². The van der Waals surface area contributed by atoms with Crippen LogP contribution in [0.25, 0.3) is 0 Å². The quantitative estimate of drug-likeness (QED) is 0.334. The van der Waals surface area contributed by atoms with Crippen LogP contribution in [-0.4, -0.2) is 0 Å². The molecular weight excluding hydrogens is 288 g/mol. The molecule has 24 heavy (non-hydrogen) atoms. The first-order valence-electron chi connectivity index (χ1n) is 11.3. The van der Waals surface area contributed by atoms with E-state index in [-0.39, 0.29) is 0 Å². The molecule has 2 saturated carbocycles. The van der Waals surface area contributed by atoms with Crippen LogP contribution in [-0.2, 0) is 0 Å². The van der Waals surface area contributed by atoms with Crippen molar-refractivity contribution in [3.8, 4) is 0 Å². The van der Waals surface area contributed by atoms with E-state index in [1.54, 1.807) is 0 Å². The molecule has 140 valence electrons. The normalized spacial score (nSPS) is 24.0. The van der Waals surface area contributed by atoms with Crippen LogP contribution >= 0.6 is 0 Å². The Morgan fingerprint density at radius 3 is 2.25 bits per heavy atom. The van der Waals surface area contributed by atoms with Gasteiger partial charge in [-0.15, -0.1) is 0 Å². The molecule has 2 atom stereocenters. The van der Waals surface area contributed by atoms with Crippen LogP contribution in [0.4, 0.5) is 0 Å². The minimum Gasteiger partial charge on any atom is -0.0888 e. The summed E-state index contributed by atoms with van der Waals surface area (Å²) in [6.45, 7) is 7.32. The van der Waals surface area contributed by atoms with Crippen LogP contribution in [0.2, 0.25) is 0 Å². The van der Waals surface area contributed by atoms with Gasteiger partial charge in [-0.2, -0.15) is 0 Å². The minimum absolute atomic E-state index is 0.602. The molecule has 0 amide bonds. The molecular formula is C24H44. The van der Waals surface area contributed by atoms with Crippen LogP contribution in [0, 0.1) is 23.2 Å². The van der Waals surface area contributed by atoms with Gasteiger partial charge in [0, 0.05) is 0 Å². The molecule has 0 saturated heterocycles. The molecule has 0 bridgehead atoms. The molecule has 0 heterocycles. The summed E-state index contributed by atoms with van der Waals surface area (Å²) in [7, 11) is 0. The zero-order valence-electron chi connectivity index (χ0n) is 17.0. The van der Waals surface area contributed by atoms with Crippen molar-refractivity contribution in [1.29, 1.82) is 0 Å². The number of allylic oxidation sites excluding steroid dienone is 2. The van der Waals surface area contributed by atoms with Crippen LogP contribution in [0.5, 0.6) is 0 Å². The van der Waals surface area contributed by atoms with Crippen LogP contribution in [0.1, 0.15) is 117 Å². The average Bonchev–Trinajstić information content (AvgIpc) is 3.29. The SMILES string of the molecule is CC/C=C/CCC(CC(C)(CC)CCC1CCCC1)C1CCCC1. The average molecular weight is 333 g/mol. The molecule has 0 radical (unpaired) electrons. The summed E-state index contributed by atoms with van der Waals surface area (Å²) in [5, 5.41) is 0. The lowest BCUT2D eigenvalue weighted by Crippen LogP contribution is -2.24. The Bertz CT molecular complexity index is 343. The Hall–Kier alpha value is -0.260. The van der Waals surface area contributed by atoms with Crippen molar-refractivity contribution in [2.75, 3.05) is 0 Å². The van der Waals surface area contributed by atoms with E-state index in [1.807, 2.05) is 0 Å².